The van der Waals surface area contributed by atoms with Gasteiger partial charge in [0.05, 0.1) is 12.6 Å². The normalized spacial score (nSPS) is 17.4. The molecule has 17 heavy (non-hydrogen) atoms. The van der Waals surface area contributed by atoms with Crippen molar-refractivity contribution in [3.8, 4) is 5.75 Å². The highest BCUT2D eigenvalue weighted by atomic mass is 16.5. The summed E-state index contributed by atoms with van der Waals surface area (Å²) in [6.07, 6.45) is 4.63. The highest BCUT2D eigenvalue weighted by molar-refractivity contribution is 5.90. The second kappa shape index (κ2) is 3.50. The third-order valence-electron chi connectivity index (χ3n) is 4.00. The Balaban J connectivity index is 2.28. The molecule has 0 unspecified atom stereocenters. The summed E-state index contributed by atoms with van der Waals surface area (Å²) in [5.74, 6) is 0.934. The average molecular weight is 230 g/mol. The standard InChI is InChI=1S/C14H18N2O/c1-16-8-11(14(9-15)6-7-14)10-4-3-5-12(17-2)13(10)16/h3-5,8H,6-7,9,15H2,1-2H3. The molecule has 1 fully saturated rings. The molecule has 1 aliphatic carbocycles. The monoisotopic (exact) mass is 230 g/mol. The molecule has 1 aromatic carbocycles. The van der Waals surface area contributed by atoms with Crippen LogP contribution in [0.2, 0.25) is 0 Å². The van der Waals surface area contributed by atoms with Gasteiger partial charge < -0.3 is 15.0 Å². The molecule has 2 aromatic rings. The van der Waals surface area contributed by atoms with Crippen molar-refractivity contribution >= 4 is 10.9 Å². The van der Waals surface area contributed by atoms with Crippen LogP contribution in [0.4, 0.5) is 0 Å². The van der Waals surface area contributed by atoms with Gasteiger partial charge in [0.1, 0.15) is 5.75 Å². The number of fused-ring (bicyclic) bond motifs is 1. The van der Waals surface area contributed by atoms with Crippen LogP contribution in [0.25, 0.3) is 10.9 Å². The van der Waals surface area contributed by atoms with Crippen molar-refractivity contribution in [2.75, 3.05) is 13.7 Å². The number of aromatic nitrogens is 1. The smallest absolute Gasteiger partial charge is 0.143 e. The molecule has 2 N–H and O–H groups in total. The number of hydrogen-bond acceptors (Lipinski definition) is 2. The molecule has 3 nitrogen and oxygen atoms in total. The topological polar surface area (TPSA) is 40.2 Å². The van der Waals surface area contributed by atoms with Crippen molar-refractivity contribution in [2.24, 2.45) is 12.8 Å². The Morgan fingerprint density at radius 2 is 2.18 bits per heavy atom. The van der Waals surface area contributed by atoms with Gasteiger partial charge in [0, 0.05) is 30.6 Å². The van der Waals surface area contributed by atoms with E-state index in [1.165, 1.54) is 29.3 Å². The predicted octanol–water partition coefficient (Wildman–Crippen LogP) is 2.18. The van der Waals surface area contributed by atoms with E-state index in [2.05, 4.69) is 29.9 Å². The van der Waals surface area contributed by atoms with Crippen molar-refractivity contribution in [3.63, 3.8) is 0 Å². The summed E-state index contributed by atoms with van der Waals surface area (Å²) < 4.78 is 7.59. The Hall–Kier alpha value is -1.48. The van der Waals surface area contributed by atoms with Crippen LogP contribution in [-0.4, -0.2) is 18.2 Å². The zero-order valence-corrected chi connectivity index (χ0v) is 10.4. The molecular weight excluding hydrogens is 212 g/mol. The van der Waals surface area contributed by atoms with E-state index in [0.29, 0.717) is 0 Å². The van der Waals surface area contributed by atoms with Gasteiger partial charge in [0.15, 0.2) is 0 Å². The minimum atomic E-state index is 0.228. The molecule has 0 aliphatic heterocycles. The Kier molecular flexibility index (Phi) is 2.20. The summed E-state index contributed by atoms with van der Waals surface area (Å²) in [6.45, 7) is 0.739. The quantitative estimate of drug-likeness (QED) is 0.878. The van der Waals surface area contributed by atoms with E-state index in [-0.39, 0.29) is 5.41 Å². The van der Waals surface area contributed by atoms with Gasteiger partial charge in [-0.2, -0.15) is 0 Å². The van der Waals surface area contributed by atoms with Gasteiger partial charge in [0.2, 0.25) is 0 Å². The predicted molar refractivity (Wildman–Crippen MR) is 69.4 cm³/mol. The highest BCUT2D eigenvalue weighted by Crippen LogP contribution is 2.50. The lowest BCUT2D eigenvalue weighted by Crippen LogP contribution is -2.19. The van der Waals surface area contributed by atoms with Crippen LogP contribution < -0.4 is 10.5 Å². The van der Waals surface area contributed by atoms with E-state index >= 15 is 0 Å². The van der Waals surface area contributed by atoms with Crippen LogP contribution in [0, 0.1) is 0 Å². The minimum absolute atomic E-state index is 0.228. The lowest BCUT2D eigenvalue weighted by Gasteiger charge is -2.11. The molecule has 3 rings (SSSR count). The summed E-state index contributed by atoms with van der Waals surface area (Å²) in [4.78, 5) is 0. The largest absolute Gasteiger partial charge is 0.495 e. The molecule has 1 aliphatic rings. The summed E-state index contributed by atoms with van der Waals surface area (Å²) in [7, 11) is 3.79. The Morgan fingerprint density at radius 1 is 1.41 bits per heavy atom. The molecule has 0 amide bonds. The Labute approximate surface area is 101 Å². The van der Waals surface area contributed by atoms with Gasteiger partial charge in [0.25, 0.3) is 0 Å². The second-order valence-electron chi connectivity index (χ2n) is 4.99. The number of benzene rings is 1. The van der Waals surface area contributed by atoms with Crippen LogP contribution in [0.3, 0.4) is 0 Å². The van der Waals surface area contributed by atoms with Crippen molar-refractivity contribution in [2.45, 2.75) is 18.3 Å². The number of methoxy groups -OCH3 is 1. The molecule has 1 aromatic heterocycles. The summed E-state index contributed by atoms with van der Waals surface area (Å²) in [6, 6.07) is 6.23. The first-order valence-corrected chi connectivity index (χ1v) is 6.04. The van der Waals surface area contributed by atoms with Gasteiger partial charge in [-0.3, -0.25) is 0 Å². The molecule has 0 atom stereocenters. The fraction of sp³-hybridized carbons (Fsp3) is 0.429. The maximum absolute atomic E-state index is 5.93. The summed E-state index contributed by atoms with van der Waals surface area (Å²) in [5.41, 5.74) is 8.72. The average Bonchev–Trinajstić information content (AvgIpc) is 3.09. The maximum atomic E-state index is 5.93. The maximum Gasteiger partial charge on any atom is 0.143 e. The van der Waals surface area contributed by atoms with E-state index < -0.39 is 0 Å². The van der Waals surface area contributed by atoms with Gasteiger partial charge in [-0.25, -0.2) is 0 Å². The third-order valence-corrected chi connectivity index (χ3v) is 4.00. The molecule has 1 heterocycles. The van der Waals surface area contributed by atoms with Gasteiger partial charge >= 0.3 is 0 Å². The van der Waals surface area contributed by atoms with E-state index in [1.807, 2.05) is 6.07 Å². The Morgan fingerprint density at radius 3 is 2.76 bits per heavy atom. The first kappa shape index (κ1) is 10.7. The number of aryl methyl sites for hydroxylation is 1. The molecule has 90 valence electrons. The van der Waals surface area contributed by atoms with E-state index in [1.54, 1.807) is 7.11 Å². The lowest BCUT2D eigenvalue weighted by molar-refractivity contribution is 0.418. The van der Waals surface area contributed by atoms with Crippen LogP contribution >= 0.6 is 0 Å². The number of ether oxygens (including phenoxy) is 1. The number of nitrogens with zero attached hydrogens (tertiary/aromatic N) is 1. The van der Waals surface area contributed by atoms with Gasteiger partial charge in [-0.15, -0.1) is 0 Å². The fourth-order valence-corrected chi connectivity index (χ4v) is 2.75. The van der Waals surface area contributed by atoms with Crippen LogP contribution in [0.1, 0.15) is 18.4 Å². The zero-order chi connectivity index (χ0) is 12.0. The molecule has 1 saturated carbocycles. The first-order valence-electron chi connectivity index (χ1n) is 6.04. The van der Waals surface area contributed by atoms with Crippen LogP contribution in [-0.2, 0) is 12.5 Å². The van der Waals surface area contributed by atoms with Crippen LogP contribution in [0.5, 0.6) is 5.75 Å². The van der Waals surface area contributed by atoms with Crippen molar-refractivity contribution in [1.82, 2.24) is 4.57 Å². The minimum Gasteiger partial charge on any atom is -0.495 e. The number of hydrogen-bond donors (Lipinski definition) is 1. The van der Waals surface area contributed by atoms with Gasteiger partial charge in [-0.05, 0) is 24.5 Å². The van der Waals surface area contributed by atoms with Crippen molar-refractivity contribution in [3.05, 3.63) is 30.0 Å². The summed E-state index contributed by atoms with van der Waals surface area (Å²) >= 11 is 0. The molecular formula is C14H18N2O. The number of nitrogens with two attached hydrogens (primary N) is 1. The van der Waals surface area contributed by atoms with Crippen molar-refractivity contribution in [1.29, 1.82) is 0 Å². The molecule has 0 saturated heterocycles. The van der Waals surface area contributed by atoms with Gasteiger partial charge in [-0.1, -0.05) is 12.1 Å². The van der Waals surface area contributed by atoms with Crippen LogP contribution in [0.15, 0.2) is 24.4 Å². The molecule has 3 heteroatoms. The fourth-order valence-electron chi connectivity index (χ4n) is 2.75. The molecule has 0 spiro atoms. The van der Waals surface area contributed by atoms with Crippen molar-refractivity contribution < 1.29 is 4.74 Å². The third kappa shape index (κ3) is 1.39. The second-order valence-corrected chi connectivity index (χ2v) is 4.99. The molecule has 0 radical (unpaired) electrons. The first-order chi connectivity index (χ1) is 8.22. The number of para-hydroxylation sites is 1. The van der Waals surface area contributed by atoms with E-state index in [4.69, 9.17) is 10.5 Å². The highest BCUT2D eigenvalue weighted by Gasteiger charge is 2.44. The summed E-state index contributed by atoms with van der Waals surface area (Å²) in [5, 5.41) is 1.29. The SMILES string of the molecule is COc1cccc2c(C3(CN)CC3)cn(C)c12. The Bertz CT molecular complexity index is 567. The van der Waals surface area contributed by atoms with E-state index in [9.17, 15) is 0 Å². The van der Waals surface area contributed by atoms with E-state index in [0.717, 1.165) is 12.3 Å². The molecule has 0 bridgehead atoms. The lowest BCUT2D eigenvalue weighted by atomic mass is 9.96. The zero-order valence-electron chi connectivity index (χ0n) is 10.4. The number of rotatable bonds is 3.